The van der Waals surface area contributed by atoms with Crippen LogP contribution >= 0.6 is 11.6 Å². The Balaban J connectivity index is 1.82. The van der Waals surface area contributed by atoms with Gasteiger partial charge in [-0.25, -0.2) is 0 Å². The molecule has 23 heavy (non-hydrogen) atoms. The van der Waals surface area contributed by atoms with Crippen LogP contribution < -0.4 is 9.47 Å². The summed E-state index contributed by atoms with van der Waals surface area (Å²) in [5.74, 6) is 1.47. The summed E-state index contributed by atoms with van der Waals surface area (Å²) >= 11 is 5.93. The molecule has 0 bridgehead atoms. The van der Waals surface area contributed by atoms with Gasteiger partial charge in [-0.2, -0.15) is 0 Å². The van der Waals surface area contributed by atoms with Crippen molar-refractivity contribution in [3.05, 3.63) is 64.4 Å². The summed E-state index contributed by atoms with van der Waals surface area (Å²) in [5, 5.41) is 0.519. The van der Waals surface area contributed by atoms with Crippen LogP contribution in [0.3, 0.4) is 0 Å². The number of carbonyl (C=O) groups is 1. The molecule has 0 amide bonds. The molecule has 2 aromatic carbocycles. The first-order chi connectivity index (χ1) is 10.8. The number of ether oxygens (including phenoxy) is 2. The van der Waals surface area contributed by atoms with Crippen LogP contribution in [-0.2, 0) is 0 Å². The Hall–Kier alpha value is -2.26. The van der Waals surface area contributed by atoms with Crippen LogP contribution in [-0.4, -0.2) is 11.4 Å². The van der Waals surface area contributed by atoms with Crippen molar-refractivity contribution in [3.8, 4) is 11.5 Å². The van der Waals surface area contributed by atoms with Crippen LogP contribution in [0.2, 0.25) is 5.02 Å². The average molecular weight is 329 g/mol. The Morgan fingerprint density at radius 1 is 1.09 bits per heavy atom. The third-order valence-corrected chi connectivity index (χ3v) is 3.47. The summed E-state index contributed by atoms with van der Waals surface area (Å²) in [6.07, 6.45) is 1.72. The van der Waals surface area contributed by atoms with E-state index in [2.05, 4.69) is 0 Å². The summed E-state index contributed by atoms with van der Waals surface area (Å²) in [6, 6.07) is 12.6. The lowest BCUT2D eigenvalue weighted by Gasteiger charge is -2.21. The SMILES string of the molecule is CC(C)(C)Oc1ccc(C=C2Oc3ccc(Cl)cc3C2=O)cc1. The van der Waals surface area contributed by atoms with Gasteiger partial charge in [-0.15, -0.1) is 0 Å². The molecule has 0 atom stereocenters. The Bertz CT molecular complexity index is 783. The maximum absolute atomic E-state index is 12.3. The number of halogens is 1. The number of hydrogen-bond acceptors (Lipinski definition) is 3. The minimum atomic E-state index is -0.245. The van der Waals surface area contributed by atoms with E-state index < -0.39 is 0 Å². The Morgan fingerprint density at radius 2 is 1.78 bits per heavy atom. The second kappa shape index (κ2) is 5.74. The Labute approximate surface area is 140 Å². The topological polar surface area (TPSA) is 35.5 Å². The highest BCUT2D eigenvalue weighted by atomic mass is 35.5. The molecule has 0 unspecified atom stereocenters. The van der Waals surface area contributed by atoms with Gasteiger partial charge in [-0.1, -0.05) is 23.7 Å². The normalized spacial score (nSPS) is 15.5. The third-order valence-electron chi connectivity index (χ3n) is 3.23. The number of fused-ring (bicyclic) bond motifs is 1. The van der Waals surface area contributed by atoms with Crippen molar-refractivity contribution in [2.75, 3.05) is 0 Å². The summed E-state index contributed by atoms with van der Waals surface area (Å²) in [5.41, 5.74) is 1.12. The molecule has 0 fully saturated rings. The zero-order chi connectivity index (χ0) is 16.6. The van der Waals surface area contributed by atoms with E-state index >= 15 is 0 Å². The molecule has 0 saturated heterocycles. The maximum Gasteiger partial charge on any atom is 0.232 e. The molecule has 1 heterocycles. The molecule has 0 aliphatic carbocycles. The zero-order valence-electron chi connectivity index (χ0n) is 13.2. The molecule has 0 spiro atoms. The molecule has 4 heteroatoms. The van der Waals surface area contributed by atoms with Crippen molar-refractivity contribution < 1.29 is 14.3 Å². The lowest BCUT2D eigenvalue weighted by molar-refractivity contribution is 0.101. The lowest BCUT2D eigenvalue weighted by atomic mass is 10.1. The molecule has 3 rings (SSSR count). The van der Waals surface area contributed by atoms with Crippen molar-refractivity contribution in [2.45, 2.75) is 26.4 Å². The summed E-state index contributed by atoms with van der Waals surface area (Å²) in [6.45, 7) is 5.99. The molecule has 118 valence electrons. The van der Waals surface area contributed by atoms with Crippen molar-refractivity contribution in [1.29, 1.82) is 0 Å². The van der Waals surface area contributed by atoms with Crippen LogP contribution in [0.1, 0.15) is 36.7 Å². The van der Waals surface area contributed by atoms with Gasteiger partial charge in [-0.05, 0) is 62.7 Å². The van der Waals surface area contributed by atoms with E-state index in [-0.39, 0.29) is 11.4 Å². The summed E-state index contributed by atoms with van der Waals surface area (Å²) in [4.78, 5) is 12.3. The molecular formula is C19H17ClO3. The van der Waals surface area contributed by atoms with Gasteiger partial charge in [0.2, 0.25) is 5.78 Å². The highest BCUT2D eigenvalue weighted by Gasteiger charge is 2.27. The van der Waals surface area contributed by atoms with Gasteiger partial charge in [0, 0.05) is 5.02 Å². The number of benzene rings is 2. The zero-order valence-corrected chi connectivity index (χ0v) is 14.0. The molecule has 0 saturated carbocycles. The second-order valence-corrected chi connectivity index (χ2v) is 6.80. The van der Waals surface area contributed by atoms with Crippen LogP contribution in [0.15, 0.2) is 48.2 Å². The Morgan fingerprint density at radius 3 is 2.43 bits per heavy atom. The van der Waals surface area contributed by atoms with Gasteiger partial charge in [0.05, 0.1) is 5.56 Å². The number of carbonyl (C=O) groups excluding carboxylic acids is 1. The number of Topliss-reactive ketones (excluding diaryl/α,β-unsaturated/α-hetero) is 1. The van der Waals surface area contributed by atoms with E-state index in [1.54, 1.807) is 24.3 Å². The van der Waals surface area contributed by atoms with E-state index in [1.165, 1.54) is 0 Å². The first-order valence-corrected chi connectivity index (χ1v) is 7.72. The van der Waals surface area contributed by atoms with Crippen LogP contribution in [0.25, 0.3) is 6.08 Å². The monoisotopic (exact) mass is 328 g/mol. The average Bonchev–Trinajstić information content (AvgIpc) is 2.76. The van der Waals surface area contributed by atoms with Crippen molar-refractivity contribution >= 4 is 23.5 Å². The van der Waals surface area contributed by atoms with E-state index in [0.717, 1.165) is 11.3 Å². The molecule has 0 radical (unpaired) electrons. The molecule has 0 N–H and O–H groups in total. The number of allylic oxidation sites excluding steroid dienone is 1. The fourth-order valence-electron chi connectivity index (χ4n) is 2.30. The molecule has 2 aromatic rings. The molecule has 1 aliphatic rings. The van der Waals surface area contributed by atoms with E-state index in [9.17, 15) is 4.79 Å². The fourth-order valence-corrected chi connectivity index (χ4v) is 2.47. The van der Waals surface area contributed by atoms with Crippen LogP contribution in [0, 0.1) is 0 Å². The lowest BCUT2D eigenvalue weighted by Crippen LogP contribution is -2.22. The molecular weight excluding hydrogens is 312 g/mol. The second-order valence-electron chi connectivity index (χ2n) is 6.36. The molecule has 3 nitrogen and oxygen atoms in total. The van der Waals surface area contributed by atoms with Crippen molar-refractivity contribution in [1.82, 2.24) is 0 Å². The first kappa shape index (κ1) is 15.6. The standard InChI is InChI=1S/C19H17ClO3/c1-19(2,3)23-14-7-4-12(5-8-14)10-17-18(21)15-11-13(20)6-9-16(15)22-17/h4-11H,1-3H3. The van der Waals surface area contributed by atoms with Gasteiger partial charge < -0.3 is 9.47 Å². The van der Waals surface area contributed by atoms with Crippen molar-refractivity contribution in [2.24, 2.45) is 0 Å². The third kappa shape index (κ3) is 3.57. The number of rotatable bonds is 2. The van der Waals surface area contributed by atoms with E-state index in [1.807, 2.05) is 45.0 Å². The van der Waals surface area contributed by atoms with Crippen LogP contribution in [0.4, 0.5) is 0 Å². The predicted molar refractivity (Wildman–Crippen MR) is 91.2 cm³/mol. The number of hydrogen-bond donors (Lipinski definition) is 0. The fraction of sp³-hybridized carbons (Fsp3) is 0.211. The minimum absolute atomic E-state index is 0.155. The van der Waals surface area contributed by atoms with E-state index in [0.29, 0.717) is 22.1 Å². The van der Waals surface area contributed by atoms with Gasteiger partial charge in [0.1, 0.15) is 17.1 Å². The smallest absolute Gasteiger partial charge is 0.232 e. The van der Waals surface area contributed by atoms with Gasteiger partial charge in [0.15, 0.2) is 5.76 Å². The number of ketones is 1. The largest absolute Gasteiger partial charge is 0.488 e. The maximum atomic E-state index is 12.3. The summed E-state index contributed by atoms with van der Waals surface area (Å²) in [7, 11) is 0. The van der Waals surface area contributed by atoms with Gasteiger partial charge in [0.25, 0.3) is 0 Å². The molecule has 0 aromatic heterocycles. The van der Waals surface area contributed by atoms with Crippen LogP contribution in [0.5, 0.6) is 11.5 Å². The quantitative estimate of drug-likeness (QED) is 0.716. The Kier molecular flexibility index (Phi) is 3.90. The van der Waals surface area contributed by atoms with Crippen molar-refractivity contribution in [3.63, 3.8) is 0 Å². The minimum Gasteiger partial charge on any atom is -0.488 e. The van der Waals surface area contributed by atoms with Gasteiger partial charge >= 0.3 is 0 Å². The highest BCUT2D eigenvalue weighted by molar-refractivity contribution is 6.31. The van der Waals surface area contributed by atoms with E-state index in [4.69, 9.17) is 21.1 Å². The van der Waals surface area contributed by atoms with Gasteiger partial charge in [-0.3, -0.25) is 4.79 Å². The predicted octanol–water partition coefficient (Wildman–Crippen LogP) is 5.13. The highest BCUT2D eigenvalue weighted by Crippen LogP contribution is 2.33. The molecule has 1 aliphatic heterocycles. The summed E-state index contributed by atoms with van der Waals surface area (Å²) < 4.78 is 11.4. The first-order valence-electron chi connectivity index (χ1n) is 7.35.